The first-order chi connectivity index (χ1) is 26.1. The van der Waals surface area contributed by atoms with Crippen molar-refractivity contribution < 1.29 is 27.8 Å². The number of nitrogens with zero attached hydrogens (tertiary/aromatic N) is 3. The van der Waals surface area contributed by atoms with E-state index in [1.54, 1.807) is 30.4 Å². The number of hydrogen-bond donors (Lipinski definition) is 0. The summed E-state index contributed by atoms with van der Waals surface area (Å²) in [5, 5.41) is 0.369. The Balaban J connectivity index is 0.927. The molecule has 54 heavy (non-hydrogen) atoms. The zero-order valence-electron chi connectivity index (χ0n) is 30.7. The molecule has 4 aromatic carbocycles. The smallest absolute Gasteiger partial charge is 0.246 e. The molecule has 0 radical (unpaired) electrons. The molecule has 0 spiro atoms. The van der Waals surface area contributed by atoms with Crippen molar-refractivity contribution in [2.75, 3.05) is 32.8 Å². The van der Waals surface area contributed by atoms with Crippen LogP contribution in [0.3, 0.4) is 0 Å². The van der Waals surface area contributed by atoms with Crippen molar-refractivity contribution >= 4 is 23.6 Å². The largest absolute Gasteiger partial charge is 0.493 e. The zero-order chi connectivity index (χ0) is 38.0. The summed E-state index contributed by atoms with van der Waals surface area (Å²) < 4.78 is 44.8. The average molecular weight is 752 g/mol. The summed E-state index contributed by atoms with van der Waals surface area (Å²) in [5.74, 6) is 0.585. The third kappa shape index (κ3) is 10.5. The van der Waals surface area contributed by atoms with Crippen LogP contribution >= 0.6 is 11.6 Å². The Morgan fingerprint density at radius 1 is 0.889 bits per heavy atom. The maximum absolute atomic E-state index is 13.9. The van der Waals surface area contributed by atoms with Crippen molar-refractivity contribution in [2.45, 2.75) is 46.3 Å². The van der Waals surface area contributed by atoms with E-state index in [4.69, 9.17) is 25.8 Å². The van der Waals surface area contributed by atoms with Crippen molar-refractivity contribution in [2.24, 2.45) is 0 Å². The molecule has 1 saturated heterocycles. The highest BCUT2D eigenvalue weighted by Crippen LogP contribution is 2.34. The second-order valence-corrected chi connectivity index (χ2v) is 14.1. The first kappa shape index (κ1) is 38.5. The van der Waals surface area contributed by atoms with E-state index >= 15 is 0 Å². The lowest BCUT2D eigenvalue weighted by Crippen LogP contribution is -2.47. The first-order valence-corrected chi connectivity index (χ1v) is 18.5. The quantitative estimate of drug-likeness (QED) is 0.105. The van der Waals surface area contributed by atoms with Crippen molar-refractivity contribution in [3.8, 4) is 23.1 Å². The molecule has 1 aromatic heterocycles. The number of pyridine rings is 1. The molecule has 0 N–H and O–H groups in total. The number of carbonyl (C=O) groups is 1. The summed E-state index contributed by atoms with van der Waals surface area (Å²) in [6, 6.07) is 27.8. The molecule has 0 atom stereocenters. The van der Waals surface area contributed by atoms with E-state index in [1.807, 2.05) is 30.0 Å². The molecule has 0 bridgehead atoms. The molecule has 10 heteroatoms. The lowest BCUT2D eigenvalue weighted by atomic mass is 10.0. The van der Waals surface area contributed by atoms with Crippen LogP contribution in [0.2, 0.25) is 5.02 Å². The average Bonchev–Trinajstić information content (AvgIpc) is 3.17. The van der Waals surface area contributed by atoms with Crippen LogP contribution in [0.15, 0.2) is 103 Å². The van der Waals surface area contributed by atoms with Gasteiger partial charge in [0.2, 0.25) is 11.8 Å². The van der Waals surface area contributed by atoms with Gasteiger partial charge >= 0.3 is 0 Å². The van der Waals surface area contributed by atoms with Gasteiger partial charge in [0.05, 0.1) is 17.8 Å². The van der Waals surface area contributed by atoms with E-state index < -0.39 is 11.6 Å². The predicted octanol–water partition coefficient (Wildman–Crippen LogP) is 9.80. The molecule has 0 unspecified atom stereocenters. The Hall–Kier alpha value is -5.25. The standard InChI is InChI=1S/C44H44ClF2N3O4/c1-30(2)35-12-14-37(15-13-35)52-24-19-32-7-9-33(10-8-32)28-49-20-22-50(23-21-49)42(51)18-11-34-25-31(3)44(39(45)26-34)54-41-17-16-38(27-48-41)53-29-36-5-4-6-40(46)43(36)47/h4-18,25-27,30H,19-24,28-29H2,1-3H3/b18-11+. The van der Waals surface area contributed by atoms with E-state index in [0.29, 0.717) is 42.1 Å². The summed E-state index contributed by atoms with van der Waals surface area (Å²) >= 11 is 6.59. The molecular formula is C44H44ClF2N3O4. The fourth-order valence-electron chi connectivity index (χ4n) is 6.13. The monoisotopic (exact) mass is 751 g/mol. The fourth-order valence-corrected chi connectivity index (χ4v) is 6.44. The zero-order valence-corrected chi connectivity index (χ0v) is 31.5. The first-order valence-electron chi connectivity index (χ1n) is 18.1. The SMILES string of the molecule is Cc1cc(/C=C/C(=O)N2CCN(Cc3ccc(CCOc4ccc(C(C)C)cc4)cc3)CC2)cc(Cl)c1Oc1ccc(OCc2cccc(F)c2F)cn1. The minimum absolute atomic E-state index is 0.0437. The van der Waals surface area contributed by atoms with Crippen molar-refractivity contribution in [1.29, 1.82) is 0 Å². The number of halogens is 3. The Kier molecular flexibility index (Phi) is 13.0. The summed E-state index contributed by atoms with van der Waals surface area (Å²) in [7, 11) is 0. The van der Waals surface area contributed by atoms with Crippen LogP contribution in [-0.2, 0) is 24.4 Å². The third-order valence-corrected chi connectivity index (χ3v) is 9.61. The Morgan fingerprint density at radius 3 is 2.30 bits per heavy atom. The molecule has 5 aromatic rings. The highest BCUT2D eigenvalue weighted by Gasteiger charge is 2.20. The van der Waals surface area contributed by atoms with Crippen LogP contribution in [0, 0.1) is 18.6 Å². The Morgan fingerprint density at radius 2 is 1.61 bits per heavy atom. The number of rotatable bonds is 14. The van der Waals surface area contributed by atoms with Crippen LogP contribution in [-0.4, -0.2) is 53.5 Å². The number of carbonyl (C=O) groups excluding carboxylic acids is 1. The van der Waals surface area contributed by atoms with Crippen molar-refractivity contribution in [3.63, 3.8) is 0 Å². The predicted molar refractivity (Wildman–Crippen MR) is 208 cm³/mol. The van der Waals surface area contributed by atoms with Crippen molar-refractivity contribution in [1.82, 2.24) is 14.8 Å². The van der Waals surface area contributed by atoms with E-state index in [9.17, 15) is 13.6 Å². The number of amides is 1. The Labute approximate surface area is 320 Å². The van der Waals surface area contributed by atoms with Gasteiger partial charge in [-0.2, -0.15) is 0 Å². The van der Waals surface area contributed by atoms with Crippen LogP contribution in [0.4, 0.5) is 8.78 Å². The highest BCUT2D eigenvalue weighted by molar-refractivity contribution is 6.32. The molecule has 280 valence electrons. The number of benzene rings is 4. The number of aryl methyl sites for hydroxylation is 1. The van der Waals surface area contributed by atoms with Gasteiger partial charge in [0, 0.05) is 56.9 Å². The van der Waals surface area contributed by atoms with E-state index in [1.165, 1.54) is 35.0 Å². The van der Waals surface area contributed by atoms with Gasteiger partial charge in [0.15, 0.2) is 17.4 Å². The van der Waals surface area contributed by atoms with Gasteiger partial charge < -0.3 is 19.1 Å². The van der Waals surface area contributed by atoms with E-state index in [0.717, 1.165) is 49.0 Å². The highest BCUT2D eigenvalue weighted by atomic mass is 35.5. The number of aromatic nitrogens is 1. The Bertz CT molecular complexity index is 2020. The van der Waals surface area contributed by atoms with Crippen LogP contribution < -0.4 is 14.2 Å². The van der Waals surface area contributed by atoms with Gasteiger partial charge in [-0.3, -0.25) is 9.69 Å². The normalized spacial score (nSPS) is 13.4. The molecule has 1 aliphatic rings. The summed E-state index contributed by atoms with van der Waals surface area (Å²) in [4.78, 5) is 21.5. The number of piperazine rings is 1. The van der Waals surface area contributed by atoms with Gasteiger partial charge in [0.1, 0.15) is 18.1 Å². The van der Waals surface area contributed by atoms with E-state index in [2.05, 4.69) is 60.1 Å². The van der Waals surface area contributed by atoms with Gasteiger partial charge in [-0.15, -0.1) is 0 Å². The summed E-state index contributed by atoms with van der Waals surface area (Å²) in [6.07, 6.45) is 5.63. The van der Waals surface area contributed by atoms with Gasteiger partial charge in [0.25, 0.3) is 0 Å². The third-order valence-electron chi connectivity index (χ3n) is 9.33. The molecule has 6 rings (SSSR count). The molecule has 0 saturated carbocycles. The van der Waals surface area contributed by atoms with Gasteiger partial charge in [-0.05, 0) is 83.1 Å². The van der Waals surface area contributed by atoms with Gasteiger partial charge in [-0.1, -0.05) is 74.0 Å². The van der Waals surface area contributed by atoms with Crippen molar-refractivity contribution in [3.05, 3.63) is 153 Å². The second kappa shape index (κ2) is 18.2. The topological polar surface area (TPSA) is 64.1 Å². The minimum atomic E-state index is -0.938. The maximum atomic E-state index is 13.9. The fraction of sp³-hybridized carbons (Fsp3) is 0.273. The molecular weight excluding hydrogens is 708 g/mol. The van der Waals surface area contributed by atoms with Crippen LogP contribution in [0.1, 0.15) is 53.1 Å². The number of hydrogen-bond acceptors (Lipinski definition) is 6. The summed E-state index contributed by atoms with van der Waals surface area (Å²) in [5.41, 5.74) is 5.44. The van der Waals surface area contributed by atoms with Crippen LogP contribution in [0.25, 0.3) is 6.08 Å². The van der Waals surface area contributed by atoms with E-state index in [-0.39, 0.29) is 24.0 Å². The summed E-state index contributed by atoms with van der Waals surface area (Å²) in [6.45, 7) is 10.5. The number of ether oxygens (including phenoxy) is 3. The maximum Gasteiger partial charge on any atom is 0.246 e. The molecule has 2 heterocycles. The van der Waals surface area contributed by atoms with Gasteiger partial charge in [-0.25, -0.2) is 13.8 Å². The molecule has 1 aliphatic heterocycles. The lowest BCUT2D eigenvalue weighted by molar-refractivity contribution is -0.127. The minimum Gasteiger partial charge on any atom is -0.493 e. The lowest BCUT2D eigenvalue weighted by Gasteiger charge is -2.34. The molecule has 1 amide bonds. The molecule has 7 nitrogen and oxygen atoms in total. The molecule has 0 aliphatic carbocycles. The van der Waals surface area contributed by atoms with Crippen LogP contribution in [0.5, 0.6) is 23.1 Å². The second-order valence-electron chi connectivity index (χ2n) is 13.7. The molecule has 1 fully saturated rings.